The zero-order valence-electron chi connectivity index (χ0n) is 5.79. The van der Waals surface area contributed by atoms with Gasteiger partial charge in [-0.3, -0.25) is 0 Å². The lowest BCUT2D eigenvalue weighted by Crippen LogP contribution is -2.20. The minimum absolute atomic E-state index is 0.726. The first-order chi connectivity index (χ1) is 4.83. The Balaban J connectivity index is 2.22. The Labute approximate surface area is 64.6 Å². The molecule has 0 radical (unpaired) electrons. The maximum atomic E-state index is 5.39. The van der Waals surface area contributed by atoms with Crippen molar-refractivity contribution in [1.82, 2.24) is 5.12 Å². The Morgan fingerprint density at radius 2 is 2.50 bits per heavy atom. The molecule has 4 nitrogen and oxygen atoms in total. The molecular formula is C5H12N4S. The first-order valence-electron chi connectivity index (χ1n) is 3.25. The normalized spacial score (nSPS) is 17.8. The van der Waals surface area contributed by atoms with Gasteiger partial charge in [0.2, 0.25) is 0 Å². The molecule has 0 aromatic carbocycles. The summed E-state index contributed by atoms with van der Waals surface area (Å²) in [6.07, 6.45) is 1.97. The molecule has 0 spiro atoms. The summed E-state index contributed by atoms with van der Waals surface area (Å²) in [5.41, 5.74) is 5.33. The SMILES string of the molecule is NCCCC1=NN(N)CS1. The van der Waals surface area contributed by atoms with Crippen LogP contribution >= 0.6 is 11.8 Å². The number of nitrogens with two attached hydrogens (primary N) is 2. The van der Waals surface area contributed by atoms with E-state index in [2.05, 4.69) is 5.10 Å². The largest absolute Gasteiger partial charge is 0.330 e. The fourth-order valence-electron chi connectivity index (χ4n) is 0.717. The highest BCUT2D eigenvalue weighted by molar-refractivity contribution is 8.14. The van der Waals surface area contributed by atoms with Crippen LogP contribution in [0.25, 0.3) is 0 Å². The van der Waals surface area contributed by atoms with E-state index in [9.17, 15) is 0 Å². The average molecular weight is 160 g/mol. The number of hydrogen-bond donors (Lipinski definition) is 2. The van der Waals surface area contributed by atoms with E-state index in [0.29, 0.717) is 0 Å². The molecule has 58 valence electrons. The highest BCUT2D eigenvalue weighted by atomic mass is 32.2. The van der Waals surface area contributed by atoms with Crippen molar-refractivity contribution >= 4 is 16.8 Å². The second-order valence-corrected chi connectivity index (χ2v) is 3.12. The molecule has 10 heavy (non-hydrogen) atoms. The predicted molar refractivity (Wildman–Crippen MR) is 44.2 cm³/mol. The molecule has 0 aliphatic carbocycles. The molecule has 1 heterocycles. The van der Waals surface area contributed by atoms with Gasteiger partial charge in [-0.1, -0.05) is 11.8 Å². The smallest absolute Gasteiger partial charge is 0.104 e. The van der Waals surface area contributed by atoms with E-state index in [4.69, 9.17) is 11.6 Å². The lowest BCUT2D eigenvalue weighted by atomic mass is 10.3. The number of thioether (sulfide) groups is 1. The third-order valence-electron chi connectivity index (χ3n) is 1.20. The van der Waals surface area contributed by atoms with Crippen LogP contribution in [0.2, 0.25) is 0 Å². The van der Waals surface area contributed by atoms with Crippen molar-refractivity contribution in [1.29, 1.82) is 0 Å². The molecule has 0 atom stereocenters. The monoisotopic (exact) mass is 160 g/mol. The Hall–Kier alpha value is -0.260. The summed E-state index contributed by atoms with van der Waals surface area (Å²) >= 11 is 1.69. The van der Waals surface area contributed by atoms with Crippen molar-refractivity contribution < 1.29 is 0 Å². The molecule has 0 bridgehead atoms. The summed E-state index contributed by atoms with van der Waals surface area (Å²) in [5, 5.41) is 6.62. The van der Waals surface area contributed by atoms with Gasteiger partial charge in [-0.05, 0) is 19.4 Å². The molecule has 0 amide bonds. The maximum Gasteiger partial charge on any atom is 0.104 e. The summed E-state index contributed by atoms with van der Waals surface area (Å²) in [5.74, 6) is 6.17. The van der Waals surface area contributed by atoms with E-state index in [-0.39, 0.29) is 0 Å². The molecule has 0 saturated carbocycles. The number of rotatable bonds is 3. The zero-order valence-corrected chi connectivity index (χ0v) is 6.60. The molecule has 0 fully saturated rings. The second-order valence-electron chi connectivity index (χ2n) is 2.10. The maximum absolute atomic E-state index is 5.39. The number of hydrogen-bond acceptors (Lipinski definition) is 5. The molecule has 5 heteroatoms. The summed E-state index contributed by atoms with van der Waals surface area (Å²) in [6, 6.07) is 0. The van der Waals surface area contributed by atoms with E-state index < -0.39 is 0 Å². The van der Waals surface area contributed by atoms with Gasteiger partial charge in [0.15, 0.2) is 0 Å². The van der Waals surface area contributed by atoms with Crippen molar-refractivity contribution in [2.75, 3.05) is 12.4 Å². The molecule has 1 aliphatic heterocycles. The Bertz CT molecular complexity index is 136. The van der Waals surface area contributed by atoms with Gasteiger partial charge in [-0.2, -0.15) is 5.10 Å². The fourth-order valence-corrected chi connectivity index (χ4v) is 1.51. The van der Waals surface area contributed by atoms with Gasteiger partial charge >= 0.3 is 0 Å². The summed E-state index contributed by atoms with van der Waals surface area (Å²) in [6.45, 7) is 0.726. The third-order valence-corrected chi connectivity index (χ3v) is 2.21. The van der Waals surface area contributed by atoms with Crippen LogP contribution in [0.5, 0.6) is 0 Å². The van der Waals surface area contributed by atoms with E-state index in [1.807, 2.05) is 0 Å². The summed E-state index contributed by atoms with van der Waals surface area (Å²) < 4.78 is 0. The second kappa shape index (κ2) is 3.80. The van der Waals surface area contributed by atoms with Crippen LogP contribution in [0.4, 0.5) is 0 Å². The van der Waals surface area contributed by atoms with E-state index >= 15 is 0 Å². The third kappa shape index (κ3) is 2.17. The topological polar surface area (TPSA) is 67.6 Å². The van der Waals surface area contributed by atoms with Crippen molar-refractivity contribution in [2.45, 2.75) is 12.8 Å². The van der Waals surface area contributed by atoms with Gasteiger partial charge < -0.3 is 5.73 Å². The van der Waals surface area contributed by atoms with Crippen molar-refractivity contribution in [2.24, 2.45) is 16.7 Å². The molecule has 0 unspecified atom stereocenters. The predicted octanol–water partition coefficient (Wildman–Crippen LogP) is -0.0812. The molecule has 0 aromatic rings. The van der Waals surface area contributed by atoms with Crippen LogP contribution in [0.3, 0.4) is 0 Å². The first kappa shape index (κ1) is 7.84. The van der Waals surface area contributed by atoms with Gasteiger partial charge in [0.25, 0.3) is 0 Å². The van der Waals surface area contributed by atoms with Crippen LogP contribution < -0.4 is 11.6 Å². The van der Waals surface area contributed by atoms with Crippen molar-refractivity contribution in [3.8, 4) is 0 Å². The molecule has 1 rings (SSSR count). The van der Waals surface area contributed by atoms with Crippen LogP contribution in [-0.2, 0) is 0 Å². The molecule has 0 aromatic heterocycles. The molecule has 1 aliphatic rings. The number of hydrazine groups is 1. The van der Waals surface area contributed by atoms with Crippen molar-refractivity contribution in [3.63, 3.8) is 0 Å². The molecular weight excluding hydrogens is 148 g/mol. The highest BCUT2D eigenvalue weighted by Crippen LogP contribution is 2.16. The Kier molecular flexibility index (Phi) is 2.98. The van der Waals surface area contributed by atoms with Gasteiger partial charge in [-0.25, -0.2) is 11.0 Å². The standard InChI is InChI=1S/C5H12N4S/c6-3-1-2-5-8-9(7)4-10-5/h1-4,6-7H2. The number of hydrazone groups is 1. The fraction of sp³-hybridized carbons (Fsp3) is 0.800. The van der Waals surface area contributed by atoms with Gasteiger partial charge in [0, 0.05) is 0 Å². The summed E-state index contributed by atoms with van der Waals surface area (Å²) in [7, 11) is 0. The van der Waals surface area contributed by atoms with Gasteiger partial charge in [-0.15, -0.1) is 0 Å². The van der Waals surface area contributed by atoms with E-state index in [0.717, 1.165) is 30.3 Å². The molecule has 4 N–H and O–H groups in total. The van der Waals surface area contributed by atoms with Gasteiger partial charge in [0.1, 0.15) is 5.88 Å². The minimum atomic E-state index is 0.726. The highest BCUT2D eigenvalue weighted by Gasteiger charge is 2.10. The lowest BCUT2D eigenvalue weighted by Gasteiger charge is -1.99. The van der Waals surface area contributed by atoms with Crippen LogP contribution in [0.15, 0.2) is 5.10 Å². The Morgan fingerprint density at radius 3 is 3.00 bits per heavy atom. The van der Waals surface area contributed by atoms with Gasteiger partial charge in [0.05, 0.1) is 5.04 Å². The minimum Gasteiger partial charge on any atom is -0.330 e. The quantitative estimate of drug-likeness (QED) is 0.567. The van der Waals surface area contributed by atoms with Crippen LogP contribution in [-0.4, -0.2) is 22.6 Å². The van der Waals surface area contributed by atoms with Crippen molar-refractivity contribution in [3.05, 3.63) is 0 Å². The lowest BCUT2D eigenvalue weighted by molar-refractivity contribution is 0.363. The zero-order chi connectivity index (χ0) is 7.40. The number of nitrogens with zero attached hydrogens (tertiary/aromatic N) is 2. The van der Waals surface area contributed by atoms with Crippen LogP contribution in [0.1, 0.15) is 12.8 Å². The van der Waals surface area contributed by atoms with E-state index in [1.54, 1.807) is 11.8 Å². The Morgan fingerprint density at radius 1 is 1.70 bits per heavy atom. The summed E-state index contributed by atoms with van der Waals surface area (Å²) in [4.78, 5) is 0. The van der Waals surface area contributed by atoms with Crippen LogP contribution in [0, 0.1) is 0 Å². The average Bonchev–Trinajstić information content (AvgIpc) is 2.31. The molecule has 0 saturated heterocycles. The van der Waals surface area contributed by atoms with E-state index in [1.165, 1.54) is 5.12 Å². The first-order valence-corrected chi connectivity index (χ1v) is 4.24.